The van der Waals surface area contributed by atoms with Crippen LogP contribution in [-0.4, -0.2) is 55.1 Å². The van der Waals surface area contributed by atoms with E-state index in [2.05, 4.69) is 39.1 Å². The maximum absolute atomic E-state index is 12.1. The molecule has 0 aliphatic carbocycles. The van der Waals surface area contributed by atoms with Crippen LogP contribution in [0.4, 0.5) is 4.79 Å². The number of rotatable bonds is 4. The highest BCUT2D eigenvalue weighted by molar-refractivity contribution is 9.10. The van der Waals surface area contributed by atoms with Crippen molar-refractivity contribution in [3.63, 3.8) is 0 Å². The van der Waals surface area contributed by atoms with Crippen LogP contribution in [0.2, 0.25) is 0 Å². The molecule has 1 aromatic carbocycles. The molecule has 2 amide bonds. The first-order valence-electron chi connectivity index (χ1n) is 7.19. The number of hydrogen-bond donors (Lipinski definition) is 1. The molecule has 20 heavy (non-hydrogen) atoms. The molecule has 0 unspecified atom stereocenters. The van der Waals surface area contributed by atoms with Crippen molar-refractivity contribution in [3.05, 3.63) is 34.3 Å². The van der Waals surface area contributed by atoms with Crippen molar-refractivity contribution in [2.75, 3.05) is 39.3 Å². The van der Waals surface area contributed by atoms with Gasteiger partial charge in [-0.15, -0.1) is 0 Å². The maximum atomic E-state index is 12.1. The van der Waals surface area contributed by atoms with Crippen LogP contribution in [0.5, 0.6) is 0 Å². The smallest absolute Gasteiger partial charge is 0.317 e. The molecule has 0 spiro atoms. The minimum Gasteiger partial charge on any atom is -0.338 e. The SMILES string of the molecule is CCN1CCN(C(=O)NCCc2ccccc2Br)CC1. The van der Waals surface area contributed by atoms with Crippen LogP contribution in [-0.2, 0) is 6.42 Å². The Bertz CT molecular complexity index is 444. The van der Waals surface area contributed by atoms with Crippen molar-refractivity contribution in [2.24, 2.45) is 0 Å². The quantitative estimate of drug-likeness (QED) is 0.913. The number of nitrogens with zero attached hydrogens (tertiary/aromatic N) is 2. The van der Waals surface area contributed by atoms with E-state index in [1.807, 2.05) is 23.1 Å². The number of piperazine rings is 1. The lowest BCUT2D eigenvalue weighted by atomic mass is 10.1. The Kier molecular flexibility index (Phi) is 5.86. The van der Waals surface area contributed by atoms with Crippen LogP contribution in [0.25, 0.3) is 0 Å². The summed E-state index contributed by atoms with van der Waals surface area (Å²) in [5, 5.41) is 3.01. The molecule has 1 heterocycles. The Morgan fingerprint density at radius 2 is 1.95 bits per heavy atom. The summed E-state index contributed by atoms with van der Waals surface area (Å²) in [6.07, 6.45) is 0.849. The summed E-state index contributed by atoms with van der Waals surface area (Å²) in [7, 11) is 0. The van der Waals surface area contributed by atoms with Gasteiger partial charge in [-0.05, 0) is 24.6 Å². The first kappa shape index (κ1) is 15.3. The number of urea groups is 1. The monoisotopic (exact) mass is 339 g/mol. The summed E-state index contributed by atoms with van der Waals surface area (Å²) in [6.45, 7) is 7.52. The third-order valence-corrected chi connectivity index (χ3v) is 4.51. The van der Waals surface area contributed by atoms with Crippen LogP contribution in [0.3, 0.4) is 0 Å². The average molecular weight is 340 g/mol. The zero-order chi connectivity index (χ0) is 14.4. The summed E-state index contributed by atoms with van der Waals surface area (Å²) >= 11 is 3.53. The number of carbonyl (C=O) groups excluding carboxylic acids is 1. The van der Waals surface area contributed by atoms with E-state index in [9.17, 15) is 4.79 Å². The molecule has 0 bridgehead atoms. The second kappa shape index (κ2) is 7.64. The van der Waals surface area contributed by atoms with Gasteiger partial charge in [0.25, 0.3) is 0 Å². The van der Waals surface area contributed by atoms with E-state index in [1.54, 1.807) is 0 Å². The second-order valence-electron chi connectivity index (χ2n) is 4.99. The Labute approximate surface area is 129 Å². The van der Waals surface area contributed by atoms with Crippen molar-refractivity contribution in [3.8, 4) is 0 Å². The van der Waals surface area contributed by atoms with Gasteiger partial charge in [0.1, 0.15) is 0 Å². The van der Waals surface area contributed by atoms with Gasteiger partial charge in [0, 0.05) is 37.2 Å². The fourth-order valence-electron chi connectivity index (χ4n) is 2.38. The van der Waals surface area contributed by atoms with E-state index in [-0.39, 0.29) is 6.03 Å². The minimum absolute atomic E-state index is 0.0628. The van der Waals surface area contributed by atoms with Gasteiger partial charge < -0.3 is 15.1 Å². The number of carbonyl (C=O) groups is 1. The summed E-state index contributed by atoms with van der Waals surface area (Å²) in [6, 6.07) is 8.19. The number of hydrogen-bond acceptors (Lipinski definition) is 2. The summed E-state index contributed by atoms with van der Waals surface area (Å²) < 4.78 is 1.10. The molecule has 1 N–H and O–H groups in total. The maximum Gasteiger partial charge on any atom is 0.317 e. The second-order valence-corrected chi connectivity index (χ2v) is 5.85. The molecule has 2 rings (SSSR count). The average Bonchev–Trinajstić information content (AvgIpc) is 2.49. The van der Waals surface area contributed by atoms with Crippen LogP contribution < -0.4 is 5.32 Å². The van der Waals surface area contributed by atoms with Gasteiger partial charge in [-0.1, -0.05) is 41.1 Å². The fourth-order valence-corrected chi connectivity index (χ4v) is 2.87. The van der Waals surface area contributed by atoms with Crippen molar-refractivity contribution in [1.29, 1.82) is 0 Å². The zero-order valence-corrected chi connectivity index (χ0v) is 13.5. The molecule has 0 aromatic heterocycles. The highest BCUT2D eigenvalue weighted by Gasteiger charge is 2.19. The molecule has 1 aliphatic rings. The number of amides is 2. The topological polar surface area (TPSA) is 35.6 Å². The molecule has 0 radical (unpaired) electrons. The summed E-state index contributed by atoms with van der Waals surface area (Å²) in [4.78, 5) is 16.3. The van der Waals surface area contributed by atoms with Crippen LogP contribution in [0.1, 0.15) is 12.5 Å². The molecule has 110 valence electrons. The Morgan fingerprint density at radius 1 is 1.25 bits per heavy atom. The van der Waals surface area contributed by atoms with E-state index in [1.165, 1.54) is 5.56 Å². The third-order valence-electron chi connectivity index (χ3n) is 3.74. The number of benzene rings is 1. The molecule has 1 aromatic rings. The summed E-state index contributed by atoms with van der Waals surface area (Å²) in [5.74, 6) is 0. The van der Waals surface area contributed by atoms with E-state index in [0.29, 0.717) is 6.54 Å². The predicted octanol–water partition coefficient (Wildman–Crippen LogP) is 2.34. The van der Waals surface area contributed by atoms with Gasteiger partial charge >= 0.3 is 6.03 Å². The van der Waals surface area contributed by atoms with Crippen molar-refractivity contribution >= 4 is 22.0 Å². The largest absolute Gasteiger partial charge is 0.338 e. The van der Waals surface area contributed by atoms with Gasteiger partial charge in [0.2, 0.25) is 0 Å². The lowest BCUT2D eigenvalue weighted by Gasteiger charge is -2.34. The third kappa shape index (κ3) is 4.21. The molecule has 1 aliphatic heterocycles. The van der Waals surface area contributed by atoms with Gasteiger partial charge in [-0.2, -0.15) is 0 Å². The van der Waals surface area contributed by atoms with Gasteiger partial charge in [-0.3, -0.25) is 0 Å². The zero-order valence-electron chi connectivity index (χ0n) is 11.9. The Morgan fingerprint density at radius 3 is 2.60 bits per heavy atom. The highest BCUT2D eigenvalue weighted by Crippen LogP contribution is 2.15. The first-order valence-corrected chi connectivity index (χ1v) is 7.98. The number of nitrogens with one attached hydrogen (secondary N) is 1. The van der Waals surface area contributed by atoms with Crippen molar-refractivity contribution in [1.82, 2.24) is 15.1 Å². The van der Waals surface area contributed by atoms with E-state index < -0.39 is 0 Å². The van der Waals surface area contributed by atoms with Crippen LogP contribution in [0, 0.1) is 0 Å². The lowest BCUT2D eigenvalue weighted by Crippen LogP contribution is -2.51. The summed E-state index contributed by atoms with van der Waals surface area (Å²) in [5.41, 5.74) is 1.23. The molecule has 1 saturated heterocycles. The first-order chi connectivity index (χ1) is 9.70. The minimum atomic E-state index is 0.0628. The standard InChI is InChI=1S/C15H22BrN3O/c1-2-18-9-11-19(12-10-18)15(20)17-8-7-13-5-3-4-6-14(13)16/h3-6H,2,7-12H2,1H3,(H,17,20). The van der Waals surface area contributed by atoms with E-state index in [4.69, 9.17) is 0 Å². The number of halogens is 1. The lowest BCUT2D eigenvalue weighted by molar-refractivity contribution is 0.143. The van der Waals surface area contributed by atoms with E-state index >= 15 is 0 Å². The number of likely N-dealkylation sites (N-methyl/N-ethyl adjacent to an activating group) is 1. The molecule has 5 heteroatoms. The molecular formula is C15H22BrN3O. The van der Waals surface area contributed by atoms with Crippen molar-refractivity contribution in [2.45, 2.75) is 13.3 Å². The van der Waals surface area contributed by atoms with E-state index in [0.717, 1.165) is 43.6 Å². The predicted molar refractivity (Wildman–Crippen MR) is 84.9 cm³/mol. The Balaban J connectivity index is 1.72. The molecule has 0 atom stereocenters. The fraction of sp³-hybridized carbons (Fsp3) is 0.533. The molecule has 1 fully saturated rings. The molecule has 4 nitrogen and oxygen atoms in total. The normalized spacial score (nSPS) is 16.2. The van der Waals surface area contributed by atoms with Crippen molar-refractivity contribution < 1.29 is 4.79 Å². The van der Waals surface area contributed by atoms with Gasteiger partial charge in [-0.25, -0.2) is 4.79 Å². The molecular weight excluding hydrogens is 318 g/mol. The van der Waals surface area contributed by atoms with Gasteiger partial charge in [0.15, 0.2) is 0 Å². The van der Waals surface area contributed by atoms with Crippen LogP contribution >= 0.6 is 15.9 Å². The Hall–Kier alpha value is -1.07. The van der Waals surface area contributed by atoms with Crippen LogP contribution in [0.15, 0.2) is 28.7 Å². The highest BCUT2D eigenvalue weighted by atomic mass is 79.9. The molecule has 0 saturated carbocycles. The van der Waals surface area contributed by atoms with Gasteiger partial charge in [0.05, 0.1) is 0 Å².